The molecule has 1 N–H and O–H groups in total. The van der Waals surface area contributed by atoms with E-state index in [0.717, 1.165) is 11.1 Å². The Hall–Kier alpha value is -2.89. The number of rotatable bonds is 5. The van der Waals surface area contributed by atoms with Gasteiger partial charge in [-0.1, -0.05) is 53.5 Å². The molecule has 140 valence electrons. The van der Waals surface area contributed by atoms with Crippen LogP contribution in [0, 0.1) is 5.82 Å². The van der Waals surface area contributed by atoms with Crippen LogP contribution in [0.15, 0.2) is 77.2 Å². The van der Waals surface area contributed by atoms with E-state index in [1.165, 1.54) is 12.1 Å². The summed E-state index contributed by atoms with van der Waals surface area (Å²) in [5, 5.41) is 12.2. The molecular weight excluding hydrogens is 400 g/mol. The molecule has 0 unspecified atom stereocenters. The van der Waals surface area contributed by atoms with Crippen LogP contribution in [0.2, 0.25) is 10.0 Å². The first-order valence-electron chi connectivity index (χ1n) is 8.46. The van der Waals surface area contributed by atoms with Gasteiger partial charge in [0, 0.05) is 16.3 Å². The lowest BCUT2D eigenvalue weighted by Gasteiger charge is -2.17. The van der Waals surface area contributed by atoms with Crippen LogP contribution in [0.1, 0.15) is 17.5 Å². The van der Waals surface area contributed by atoms with Gasteiger partial charge in [0.05, 0.1) is 5.02 Å². The number of nitrogens with one attached hydrogen (secondary N) is 1. The first-order valence-corrected chi connectivity index (χ1v) is 9.21. The zero-order chi connectivity index (χ0) is 19.5. The molecule has 0 aliphatic rings. The van der Waals surface area contributed by atoms with E-state index in [4.69, 9.17) is 27.6 Å². The van der Waals surface area contributed by atoms with Crippen LogP contribution in [-0.2, 0) is 0 Å². The van der Waals surface area contributed by atoms with Crippen molar-refractivity contribution in [3.63, 3.8) is 0 Å². The molecule has 0 aliphatic heterocycles. The largest absolute Gasteiger partial charge is 0.418 e. The Labute approximate surface area is 170 Å². The molecule has 7 heteroatoms. The molecule has 0 fully saturated rings. The highest BCUT2D eigenvalue weighted by atomic mass is 35.5. The normalized spacial score (nSPS) is 12.0. The highest BCUT2D eigenvalue weighted by molar-refractivity contribution is 6.31. The molecule has 0 saturated carbocycles. The molecule has 1 aromatic heterocycles. The molecular formula is C21H14Cl2FN3O. The minimum absolute atomic E-state index is 0.0188. The maximum Gasteiger partial charge on any atom is 0.247 e. The average molecular weight is 414 g/mol. The van der Waals surface area contributed by atoms with Crippen molar-refractivity contribution in [1.29, 1.82) is 0 Å². The molecule has 0 saturated heterocycles. The Morgan fingerprint density at radius 2 is 1.71 bits per heavy atom. The molecule has 4 aromatic rings. The van der Waals surface area contributed by atoms with Crippen LogP contribution < -0.4 is 5.32 Å². The quantitative estimate of drug-likeness (QED) is 0.412. The van der Waals surface area contributed by atoms with Gasteiger partial charge in [-0.3, -0.25) is 0 Å². The van der Waals surface area contributed by atoms with E-state index in [1.54, 1.807) is 18.2 Å². The van der Waals surface area contributed by atoms with Crippen molar-refractivity contribution in [3.05, 3.63) is 100 Å². The Morgan fingerprint density at radius 1 is 0.893 bits per heavy atom. The average Bonchev–Trinajstić information content (AvgIpc) is 3.19. The van der Waals surface area contributed by atoms with Crippen LogP contribution >= 0.6 is 23.2 Å². The summed E-state index contributed by atoms with van der Waals surface area (Å²) in [6, 6.07) is 20.7. The molecule has 28 heavy (non-hydrogen) atoms. The summed E-state index contributed by atoms with van der Waals surface area (Å²) in [6.45, 7) is 0. The van der Waals surface area contributed by atoms with E-state index >= 15 is 0 Å². The van der Waals surface area contributed by atoms with E-state index in [1.807, 2.05) is 42.5 Å². The van der Waals surface area contributed by atoms with Crippen molar-refractivity contribution in [1.82, 2.24) is 10.2 Å². The van der Waals surface area contributed by atoms with Gasteiger partial charge in [-0.2, -0.15) is 0 Å². The van der Waals surface area contributed by atoms with E-state index in [2.05, 4.69) is 15.5 Å². The monoisotopic (exact) mass is 413 g/mol. The zero-order valence-electron chi connectivity index (χ0n) is 14.4. The predicted octanol–water partition coefficient (Wildman–Crippen LogP) is 6.38. The third-order valence-corrected chi connectivity index (χ3v) is 4.65. The van der Waals surface area contributed by atoms with Gasteiger partial charge in [-0.05, 0) is 48.0 Å². The molecule has 3 aromatic carbocycles. The molecule has 4 nitrogen and oxygen atoms in total. The lowest BCUT2D eigenvalue weighted by molar-refractivity contribution is 0.494. The van der Waals surface area contributed by atoms with Gasteiger partial charge in [0.25, 0.3) is 0 Å². The molecule has 0 amide bonds. The first kappa shape index (κ1) is 18.5. The third-order valence-electron chi connectivity index (χ3n) is 4.12. The second kappa shape index (κ2) is 8.00. The lowest BCUT2D eigenvalue weighted by atomic mass is 10.1. The van der Waals surface area contributed by atoms with Gasteiger partial charge in [0.1, 0.15) is 11.9 Å². The number of benzene rings is 3. The Bertz CT molecular complexity index is 1100. The highest BCUT2D eigenvalue weighted by Gasteiger charge is 2.22. The highest BCUT2D eigenvalue weighted by Crippen LogP contribution is 2.31. The molecule has 4 rings (SSSR count). The zero-order valence-corrected chi connectivity index (χ0v) is 16.0. The molecule has 0 spiro atoms. The number of halogens is 3. The fourth-order valence-corrected chi connectivity index (χ4v) is 3.15. The molecule has 0 radical (unpaired) electrons. The van der Waals surface area contributed by atoms with Crippen LogP contribution in [0.4, 0.5) is 10.1 Å². The number of hydrogen-bond donors (Lipinski definition) is 1. The minimum atomic E-state index is -0.495. The summed E-state index contributed by atoms with van der Waals surface area (Å²) < 4.78 is 19.4. The first-order chi connectivity index (χ1) is 13.6. The van der Waals surface area contributed by atoms with Crippen molar-refractivity contribution in [3.8, 4) is 11.5 Å². The van der Waals surface area contributed by atoms with Crippen LogP contribution in [0.5, 0.6) is 0 Å². The maximum atomic E-state index is 13.5. The minimum Gasteiger partial charge on any atom is -0.418 e. The second-order valence-corrected chi connectivity index (χ2v) is 6.92. The fraction of sp³-hybridized carbons (Fsp3) is 0.0476. The predicted molar refractivity (Wildman–Crippen MR) is 108 cm³/mol. The van der Waals surface area contributed by atoms with Gasteiger partial charge in [-0.15, -0.1) is 10.2 Å². The van der Waals surface area contributed by atoms with Gasteiger partial charge in [-0.25, -0.2) is 4.39 Å². The van der Waals surface area contributed by atoms with Crippen LogP contribution in [-0.4, -0.2) is 10.2 Å². The van der Waals surface area contributed by atoms with E-state index in [0.29, 0.717) is 22.5 Å². The van der Waals surface area contributed by atoms with Crippen LogP contribution in [0.3, 0.4) is 0 Å². The summed E-state index contributed by atoms with van der Waals surface area (Å²) >= 11 is 12.1. The molecule has 0 aliphatic carbocycles. The van der Waals surface area contributed by atoms with Crippen molar-refractivity contribution >= 4 is 28.9 Å². The van der Waals surface area contributed by atoms with Crippen LogP contribution in [0.25, 0.3) is 11.5 Å². The lowest BCUT2D eigenvalue weighted by Crippen LogP contribution is -2.13. The van der Waals surface area contributed by atoms with E-state index in [9.17, 15) is 4.39 Å². The topological polar surface area (TPSA) is 51.0 Å². The van der Waals surface area contributed by atoms with Gasteiger partial charge >= 0.3 is 0 Å². The number of hydrogen-bond acceptors (Lipinski definition) is 4. The number of anilines is 1. The van der Waals surface area contributed by atoms with Crippen molar-refractivity contribution in [2.45, 2.75) is 6.04 Å². The summed E-state index contributed by atoms with van der Waals surface area (Å²) in [7, 11) is 0. The van der Waals surface area contributed by atoms with Gasteiger partial charge in [0.15, 0.2) is 0 Å². The Morgan fingerprint density at radius 3 is 2.46 bits per heavy atom. The van der Waals surface area contributed by atoms with E-state index in [-0.39, 0.29) is 5.02 Å². The standard InChI is InChI=1S/C21H14Cl2FN3O/c22-15-8-4-7-14(11-15)19(25-16-9-10-18(24)17(23)12-16)21-27-26-20(28-21)13-5-2-1-3-6-13/h1-12,19,25H/t19-/m1/s1. The summed E-state index contributed by atoms with van der Waals surface area (Å²) in [4.78, 5) is 0. The smallest absolute Gasteiger partial charge is 0.247 e. The molecule has 0 bridgehead atoms. The SMILES string of the molecule is Fc1ccc(N[C@H](c2cccc(Cl)c2)c2nnc(-c3ccccc3)o2)cc1Cl. The maximum absolute atomic E-state index is 13.5. The molecule has 1 heterocycles. The number of nitrogens with zero attached hydrogens (tertiary/aromatic N) is 2. The second-order valence-electron chi connectivity index (χ2n) is 6.07. The van der Waals surface area contributed by atoms with Gasteiger partial charge < -0.3 is 9.73 Å². The van der Waals surface area contributed by atoms with Gasteiger partial charge in [0.2, 0.25) is 11.8 Å². The van der Waals surface area contributed by atoms with Crippen molar-refractivity contribution in [2.24, 2.45) is 0 Å². The summed E-state index contributed by atoms with van der Waals surface area (Å²) in [6.07, 6.45) is 0. The Kier molecular flexibility index (Phi) is 5.28. The van der Waals surface area contributed by atoms with E-state index < -0.39 is 11.9 Å². The fourth-order valence-electron chi connectivity index (χ4n) is 2.77. The third kappa shape index (κ3) is 4.01. The molecule has 1 atom stereocenters. The summed E-state index contributed by atoms with van der Waals surface area (Å²) in [5.74, 6) is 0.263. The number of aromatic nitrogens is 2. The van der Waals surface area contributed by atoms with Crippen molar-refractivity contribution < 1.29 is 8.81 Å². The van der Waals surface area contributed by atoms with Crippen molar-refractivity contribution in [2.75, 3.05) is 5.32 Å². The summed E-state index contributed by atoms with van der Waals surface area (Å²) in [5.41, 5.74) is 2.24. The Balaban J connectivity index is 1.73.